The summed E-state index contributed by atoms with van der Waals surface area (Å²) in [7, 11) is 0. The number of nitro groups is 1. The summed E-state index contributed by atoms with van der Waals surface area (Å²) in [6.07, 6.45) is 8.33. The van der Waals surface area contributed by atoms with E-state index in [0.717, 1.165) is 0 Å². The van der Waals surface area contributed by atoms with Crippen LogP contribution >= 0.6 is 11.6 Å². The van der Waals surface area contributed by atoms with Crippen LogP contribution in [-0.4, -0.2) is 15.7 Å². The second-order valence-corrected chi connectivity index (χ2v) is 5.14. The van der Waals surface area contributed by atoms with Crippen molar-refractivity contribution in [3.05, 3.63) is 69.9 Å². The number of Topliss-reactive ketones (excluding diaryl/α,β-unsaturated/α-hetero) is 1. The molecule has 0 spiro atoms. The molecule has 0 aromatic heterocycles. The quantitative estimate of drug-likeness (QED) is 0.305. The Morgan fingerprint density at radius 3 is 2.76 bits per heavy atom. The number of nitro benzene ring substituents is 1. The van der Waals surface area contributed by atoms with E-state index < -0.39 is 9.92 Å². The molecule has 2 rings (SSSR count). The molecule has 5 nitrogen and oxygen atoms in total. The number of nitrogens with one attached hydrogen (secondary N) is 1. The van der Waals surface area contributed by atoms with Gasteiger partial charge in [0.05, 0.1) is 4.92 Å². The summed E-state index contributed by atoms with van der Waals surface area (Å²) in [5.41, 5.74) is 0.812. The maximum absolute atomic E-state index is 11.9. The largest absolute Gasteiger partial charge is 0.366 e. The zero-order chi connectivity index (χ0) is 15.5. The van der Waals surface area contributed by atoms with Crippen molar-refractivity contribution in [1.82, 2.24) is 5.32 Å². The molecule has 1 N–H and O–H groups in total. The van der Waals surface area contributed by atoms with Crippen molar-refractivity contribution in [3.8, 4) is 0 Å². The molecule has 6 heteroatoms. The molecular formula is C15H13ClN2O3. The summed E-state index contributed by atoms with van der Waals surface area (Å²) in [5.74, 6) is -0.219. The van der Waals surface area contributed by atoms with Gasteiger partial charge in [0.1, 0.15) is 0 Å². The van der Waals surface area contributed by atoms with Gasteiger partial charge in [-0.05, 0) is 36.9 Å². The van der Waals surface area contributed by atoms with E-state index in [1.165, 1.54) is 19.1 Å². The zero-order valence-corrected chi connectivity index (χ0v) is 12.0. The summed E-state index contributed by atoms with van der Waals surface area (Å²) in [6.45, 7) is 1.40. The molecule has 1 heterocycles. The van der Waals surface area contributed by atoms with Crippen LogP contribution in [0.25, 0.3) is 6.08 Å². The van der Waals surface area contributed by atoms with E-state index in [-0.39, 0.29) is 11.5 Å². The highest BCUT2D eigenvalue weighted by atomic mass is 35.5. The predicted molar refractivity (Wildman–Crippen MR) is 81.8 cm³/mol. The first-order valence-electron chi connectivity index (χ1n) is 6.21. The van der Waals surface area contributed by atoms with E-state index in [4.69, 9.17) is 11.6 Å². The van der Waals surface area contributed by atoms with E-state index >= 15 is 0 Å². The van der Waals surface area contributed by atoms with Gasteiger partial charge in [0.25, 0.3) is 5.69 Å². The first kappa shape index (κ1) is 15.0. The van der Waals surface area contributed by atoms with Gasteiger partial charge in [-0.15, -0.1) is 0 Å². The van der Waals surface area contributed by atoms with Crippen molar-refractivity contribution < 1.29 is 9.72 Å². The minimum Gasteiger partial charge on any atom is -0.366 e. The smallest absolute Gasteiger partial charge is 0.270 e. The van der Waals surface area contributed by atoms with Gasteiger partial charge in [0.15, 0.2) is 10.8 Å². The maximum atomic E-state index is 11.9. The average Bonchev–Trinajstić information content (AvgIpc) is 2.45. The first-order chi connectivity index (χ1) is 9.92. The van der Waals surface area contributed by atoms with Crippen LogP contribution in [0.5, 0.6) is 0 Å². The number of allylic oxidation sites excluding steroid dienone is 2. The van der Waals surface area contributed by atoms with E-state index in [9.17, 15) is 14.9 Å². The van der Waals surface area contributed by atoms with Crippen molar-refractivity contribution in [2.75, 3.05) is 0 Å². The minimum atomic E-state index is -1.15. The number of halogens is 1. The van der Waals surface area contributed by atoms with Gasteiger partial charge >= 0.3 is 0 Å². The molecule has 0 aliphatic carbocycles. The number of non-ortho nitro benzene ring substituents is 1. The normalized spacial score (nSPS) is 21.0. The predicted octanol–water partition coefficient (Wildman–Crippen LogP) is 3.18. The molecule has 1 aliphatic heterocycles. The van der Waals surface area contributed by atoms with Crippen molar-refractivity contribution >= 4 is 29.1 Å². The number of hydrogen-bond donors (Lipinski definition) is 1. The van der Waals surface area contributed by atoms with Gasteiger partial charge < -0.3 is 5.32 Å². The van der Waals surface area contributed by atoms with Gasteiger partial charge in [0, 0.05) is 17.7 Å². The summed E-state index contributed by atoms with van der Waals surface area (Å²) in [6, 6.07) is 6.03. The highest BCUT2D eigenvalue weighted by Crippen LogP contribution is 2.29. The van der Waals surface area contributed by atoms with Gasteiger partial charge in [-0.2, -0.15) is 0 Å². The summed E-state index contributed by atoms with van der Waals surface area (Å²) < 4.78 is 0. The number of rotatable bonds is 4. The monoisotopic (exact) mass is 304 g/mol. The molecule has 1 aromatic carbocycles. The number of benzene rings is 1. The van der Waals surface area contributed by atoms with Gasteiger partial charge in [-0.25, -0.2) is 0 Å². The van der Waals surface area contributed by atoms with Crippen molar-refractivity contribution in [1.29, 1.82) is 0 Å². The van der Waals surface area contributed by atoms with Crippen LogP contribution in [0.4, 0.5) is 5.69 Å². The first-order valence-corrected chi connectivity index (χ1v) is 6.59. The molecule has 1 atom stereocenters. The Labute approximate surface area is 126 Å². The number of ketones is 1. The van der Waals surface area contributed by atoms with E-state index in [0.29, 0.717) is 11.1 Å². The molecule has 0 bridgehead atoms. The van der Waals surface area contributed by atoms with Crippen LogP contribution in [0, 0.1) is 10.1 Å². The van der Waals surface area contributed by atoms with Crippen LogP contribution in [0.1, 0.15) is 12.5 Å². The molecule has 0 saturated carbocycles. The number of hydrogen-bond acceptors (Lipinski definition) is 4. The molecule has 1 aromatic rings. The van der Waals surface area contributed by atoms with Crippen LogP contribution in [0.15, 0.2) is 54.3 Å². The molecule has 0 radical (unpaired) electrons. The lowest BCUT2D eigenvalue weighted by Gasteiger charge is -2.27. The maximum Gasteiger partial charge on any atom is 0.270 e. The van der Waals surface area contributed by atoms with Gasteiger partial charge in [-0.1, -0.05) is 29.8 Å². The third-order valence-electron chi connectivity index (χ3n) is 2.99. The number of carbonyl (C=O) groups is 1. The SMILES string of the molecule is CC(=O)/C(=C\c1cccc([N+](=O)[O-])c1)C1(Cl)C=CC=CN1. The topological polar surface area (TPSA) is 72.2 Å². The molecule has 21 heavy (non-hydrogen) atoms. The second kappa shape index (κ2) is 5.93. The zero-order valence-electron chi connectivity index (χ0n) is 11.2. The third kappa shape index (κ3) is 3.38. The number of carbonyl (C=O) groups excluding carboxylic acids is 1. The molecule has 0 saturated heterocycles. The Kier molecular flexibility index (Phi) is 4.23. The number of alkyl halides is 1. The fraction of sp³-hybridized carbons (Fsp3) is 0.133. The Bertz CT molecular complexity index is 679. The molecule has 0 fully saturated rings. The van der Waals surface area contributed by atoms with Crippen molar-refractivity contribution in [3.63, 3.8) is 0 Å². The van der Waals surface area contributed by atoms with E-state index in [2.05, 4.69) is 5.32 Å². The van der Waals surface area contributed by atoms with Crippen LogP contribution in [0.3, 0.4) is 0 Å². The fourth-order valence-electron chi connectivity index (χ4n) is 1.99. The summed E-state index contributed by atoms with van der Waals surface area (Å²) in [5, 5.41) is 13.7. The molecular weight excluding hydrogens is 292 g/mol. The van der Waals surface area contributed by atoms with Gasteiger partial charge in [0.2, 0.25) is 0 Å². The highest BCUT2D eigenvalue weighted by Gasteiger charge is 2.31. The lowest BCUT2D eigenvalue weighted by Crippen LogP contribution is -2.39. The minimum absolute atomic E-state index is 0.0395. The average molecular weight is 305 g/mol. The standard InChI is InChI=1S/C15H13ClN2O3/c1-11(19)14(15(16)7-2-3-8-17-15)10-12-5-4-6-13(9-12)18(20)21/h2-10,17H,1H3/b14-10+. The van der Waals surface area contributed by atoms with Crippen LogP contribution in [0.2, 0.25) is 0 Å². The van der Waals surface area contributed by atoms with E-state index in [1.54, 1.807) is 42.6 Å². The highest BCUT2D eigenvalue weighted by molar-refractivity contribution is 6.31. The Morgan fingerprint density at radius 2 is 2.19 bits per heavy atom. The molecule has 108 valence electrons. The van der Waals surface area contributed by atoms with Crippen molar-refractivity contribution in [2.24, 2.45) is 0 Å². The summed E-state index contributed by atoms with van der Waals surface area (Å²) >= 11 is 6.42. The summed E-state index contributed by atoms with van der Waals surface area (Å²) in [4.78, 5) is 21.1. The lowest BCUT2D eigenvalue weighted by atomic mass is 9.98. The second-order valence-electron chi connectivity index (χ2n) is 4.54. The molecule has 0 amide bonds. The number of nitrogens with zero attached hydrogens (tertiary/aromatic N) is 1. The van der Waals surface area contributed by atoms with Crippen LogP contribution < -0.4 is 5.32 Å². The Morgan fingerprint density at radius 1 is 1.43 bits per heavy atom. The third-order valence-corrected chi connectivity index (χ3v) is 3.43. The lowest BCUT2D eigenvalue weighted by molar-refractivity contribution is -0.384. The fourth-order valence-corrected chi connectivity index (χ4v) is 2.31. The van der Waals surface area contributed by atoms with Crippen molar-refractivity contribution in [2.45, 2.75) is 11.9 Å². The Hall–Kier alpha value is -2.40. The van der Waals surface area contributed by atoms with Crippen LogP contribution in [-0.2, 0) is 4.79 Å². The number of dihydropyridines is 1. The molecule has 1 unspecified atom stereocenters. The Balaban J connectivity index is 2.45. The van der Waals surface area contributed by atoms with E-state index in [1.807, 2.05) is 0 Å². The van der Waals surface area contributed by atoms with Gasteiger partial charge in [-0.3, -0.25) is 14.9 Å². The molecule has 1 aliphatic rings.